The van der Waals surface area contributed by atoms with Gasteiger partial charge in [0.2, 0.25) is 0 Å². The van der Waals surface area contributed by atoms with E-state index in [0.29, 0.717) is 6.61 Å². The lowest BCUT2D eigenvalue weighted by Gasteiger charge is -2.34. The van der Waals surface area contributed by atoms with E-state index in [2.05, 4.69) is 0 Å². The van der Waals surface area contributed by atoms with Crippen molar-refractivity contribution in [2.24, 2.45) is 11.8 Å². The minimum Gasteiger partial charge on any atom is -0.392 e. The Kier molecular flexibility index (Phi) is 1.67. The van der Waals surface area contributed by atoms with Crippen LogP contribution in [0.3, 0.4) is 0 Å². The third-order valence-corrected chi connectivity index (χ3v) is 2.83. The molecule has 5 atom stereocenters. The van der Waals surface area contributed by atoms with Crippen LogP contribution in [0.1, 0.15) is 13.8 Å². The Balaban J connectivity index is 2.16. The molecule has 2 aliphatic heterocycles. The molecule has 0 aliphatic carbocycles. The normalized spacial score (nSPS) is 56.5. The van der Waals surface area contributed by atoms with Crippen molar-refractivity contribution in [2.45, 2.75) is 32.3 Å². The maximum absolute atomic E-state index is 9.67. The molecule has 2 bridgehead atoms. The summed E-state index contributed by atoms with van der Waals surface area (Å²) in [6, 6.07) is 0. The molecule has 0 aromatic carbocycles. The first-order chi connectivity index (χ1) is 5.20. The average Bonchev–Trinajstić information content (AvgIpc) is 2.44. The third kappa shape index (κ3) is 0.991. The number of fused-ring (bicyclic) bond motifs is 2. The molecule has 0 aromatic heterocycles. The van der Waals surface area contributed by atoms with Gasteiger partial charge < -0.3 is 14.6 Å². The van der Waals surface area contributed by atoms with E-state index in [0.717, 1.165) is 0 Å². The van der Waals surface area contributed by atoms with Crippen LogP contribution in [0.15, 0.2) is 0 Å². The van der Waals surface area contributed by atoms with Crippen molar-refractivity contribution in [3.8, 4) is 0 Å². The molecule has 3 heteroatoms. The van der Waals surface area contributed by atoms with E-state index < -0.39 is 0 Å². The molecule has 1 N–H and O–H groups in total. The summed E-state index contributed by atoms with van der Waals surface area (Å²) < 4.78 is 10.9. The summed E-state index contributed by atoms with van der Waals surface area (Å²) in [6.45, 7) is 4.62. The average molecular weight is 158 g/mol. The van der Waals surface area contributed by atoms with Crippen molar-refractivity contribution in [3.05, 3.63) is 0 Å². The van der Waals surface area contributed by atoms with Crippen LogP contribution in [0.4, 0.5) is 0 Å². The lowest BCUT2D eigenvalue weighted by atomic mass is 9.88. The van der Waals surface area contributed by atoms with Crippen molar-refractivity contribution >= 4 is 0 Å². The highest BCUT2D eigenvalue weighted by atomic mass is 16.7. The molecule has 2 aliphatic rings. The second-order valence-electron chi connectivity index (χ2n) is 3.59. The van der Waals surface area contributed by atoms with Crippen LogP contribution in [0.25, 0.3) is 0 Å². The van der Waals surface area contributed by atoms with E-state index in [9.17, 15) is 5.11 Å². The van der Waals surface area contributed by atoms with Crippen LogP contribution >= 0.6 is 0 Å². The molecule has 0 spiro atoms. The second kappa shape index (κ2) is 2.44. The van der Waals surface area contributed by atoms with E-state index >= 15 is 0 Å². The van der Waals surface area contributed by atoms with Gasteiger partial charge in [-0.3, -0.25) is 0 Å². The zero-order valence-corrected chi connectivity index (χ0v) is 6.86. The maximum Gasteiger partial charge on any atom is 0.163 e. The SMILES string of the molecule is CC1[C@@H]2OC[C@@H](O2)C(C)[C@@H]1O. The summed E-state index contributed by atoms with van der Waals surface area (Å²) in [4.78, 5) is 0. The van der Waals surface area contributed by atoms with Gasteiger partial charge in [0.05, 0.1) is 18.8 Å². The number of aliphatic hydroxyl groups excluding tert-OH is 1. The van der Waals surface area contributed by atoms with Gasteiger partial charge in [-0.1, -0.05) is 13.8 Å². The summed E-state index contributed by atoms with van der Waals surface area (Å²) in [5.41, 5.74) is 0. The maximum atomic E-state index is 9.67. The topological polar surface area (TPSA) is 38.7 Å². The molecule has 2 fully saturated rings. The highest BCUT2D eigenvalue weighted by Crippen LogP contribution is 2.35. The number of aliphatic hydroxyl groups is 1. The van der Waals surface area contributed by atoms with Crippen LogP contribution in [0.2, 0.25) is 0 Å². The molecule has 2 rings (SSSR count). The van der Waals surface area contributed by atoms with Gasteiger partial charge >= 0.3 is 0 Å². The Morgan fingerprint density at radius 1 is 1.27 bits per heavy atom. The van der Waals surface area contributed by atoms with Crippen molar-refractivity contribution in [2.75, 3.05) is 6.61 Å². The predicted molar refractivity (Wildman–Crippen MR) is 38.9 cm³/mol. The summed E-state index contributed by atoms with van der Waals surface area (Å²) in [5, 5.41) is 9.67. The lowest BCUT2D eigenvalue weighted by molar-refractivity contribution is -0.175. The molecule has 3 nitrogen and oxygen atoms in total. The molecule has 0 amide bonds. The highest BCUT2D eigenvalue weighted by molar-refractivity contribution is 4.88. The molecule has 0 saturated carbocycles. The van der Waals surface area contributed by atoms with Crippen LogP contribution in [0, 0.1) is 11.8 Å². The molecule has 0 aromatic rings. The quantitative estimate of drug-likeness (QED) is 0.553. The van der Waals surface area contributed by atoms with Gasteiger partial charge in [0.1, 0.15) is 0 Å². The molecule has 2 saturated heterocycles. The number of rotatable bonds is 0. The van der Waals surface area contributed by atoms with Gasteiger partial charge in [-0.2, -0.15) is 0 Å². The Bertz CT molecular complexity index is 139. The third-order valence-electron chi connectivity index (χ3n) is 2.83. The van der Waals surface area contributed by atoms with Crippen LogP contribution < -0.4 is 0 Å². The van der Waals surface area contributed by atoms with E-state index in [1.807, 2.05) is 13.8 Å². The monoisotopic (exact) mass is 158 g/mol. The molecule has 64 valence electrons. The summed E-state index contributed by atoms with van der Waals surface area (Å²) >= 11 is 0. The zero-order chi connectivity index (χ0) is 8.01. The first kappa shape index (κ1) is 7.53. The number of hydrogen-bond acceptors (Lipinski definition) is 3. The Morgan fingerprint density at radius 3 is 2.73 bits per heavy atom. The molecular weight excluding hydrogens is 144 g/mol. The zero-order valence-electron chi connectivity index (χ0n) is 6.86. The largest absolute Gasteiger partial charge is 0.392 e. The molecule has 2 heterocycles. The second-order valence-corrected chi connectivity index (χ2v) is 3.59. The first-order valence-corrected chi connectivity index (χ1v) is 4.15. The number of hydrogen-bond donors (Lipinski definition) is 1. The highest BCUT2D eigenvalue weighted by Gasteiger charge is 2.45. The van der Waals surface area contributed by atoms with Gasteiger partial charge in [-0.15, -0.1) is 0 Å². The van der Waals surface area contributed by atoms with Crippen molar-refractivity contribution in [1.82, 2.24) is 0 Å². The number of ether oxygens (including phenoxy) is 2. The van der Waals surface area contributed by atoms with Gasteiger partial charge in [0, 0.05) is 11.8 Å². The van der Waals surface area contributed by atoms with Crippen LogP contribution in [-0.2, 0) is 9.47 Å². The summed E-state index contributed by atoms with van der Waals surface area (Å²) in [5.74, 6) is 0.326. The minimum atomic E-state index is -0.263. The fraction of sp³-hybridized carbons (Fsp3) is 1.00. The summed E-state index contributed by atoms with van der Waals surface area (Å²) in [7, 11) is 0. The fourth-order valence-electron chi connectivity index (χ4n) is 1.85. The minimum absolute atomic E-state index is 0.115. The van der Waals surface area contributed by atoms with Crippen molar-refractivity contribution in [3.63, 3.8) is 0 Å². The van der Waals surface area contributed by atoms with E-state index in [4.69, 9.17) is 9.47 Å². The Labute approximate surface area is 66.3 Å². The van der Waals surface area contributed by atoms with E-state index in [-0.39, 0.29) is 30.3 Å². The van der Waals surface area contributed by atoms with E-state index in [1.54, 1.807) is 0 Å². The van der Waals surface area contributed by atoms with Crippen LogP contribution in [-0.4, -0.2) is 30.2 Å². The van der Waals surface area contributed by atoms with Gasteiger partial charge in [-0.05, 0) is 0 Å². The summed E-state index contributed by atoms with van der Waals surface area (Å²) in [6.07, 6.45) is -0.307. The van der Waals surface area contributed by atoms with Crippen molar-refractivity contribution in [1.29, 1.82) is 0 Å². The molecule has 0 radical (unpaired) electrons. The van der Waals surface area contributed by atoms with Crippen LogP contribution in [0.5, 0.6) is 0 Å². The fourth-order valence-corrected chi connectivity index (χ4v) is 1.85. The van der Waals surface area contributed by atoms with E-state index in [1.165, 1.54) is 0 Å². The molecule has 11 heavy (non-hydrogen) atoms. The molecular formula is C8H14O3. The predicted octanol–water partition coefficient (Wildman–Crippen LogP) is 0.375. The Morgan fingerprint density at radius 2 is 2.00 bits per heavy atom. The van der Waals surface area contributed by atoms with Crippen molar-refractivity contribution < 1.29 is 14.6 Å². The first-order valence-electron chi connectivity index (χ1n) is 4.15. The smallest absolute Gasteiger partial charge is 0.163 e. The molecule has 2 unspecified atom stereocenters. The van der Waals surface area contributed by atoms with Gasteiger partial charge in [0.25, 0.3) is 0 Å². The van der Waals surface area contributed by atoms with Gasteiger partial charge in [0.15, 0.2) is 6.29 Å². The van der Waals surface area contributed by atoms with Gasteiger partial charge in [-0.25, -0.2) is 0 Å². The standard InChI is InChI=1S/C8H14O3/c1-4-6-3-10-8(11-6)5(2)7(4)9/h4-9H,3H2,1-2H3/t4?,5?,6-,7+,8-/m1/s1. The lowest BCUT2D eigenvalue weighted by Crippen LogP contribution is -2.44. The Hall–Kier alpha value is -0.120.